The van der Waals surface area contributed by atoms with E-state index >= 15 is 0 Å². The third kappa shape index (κ3) is 5.20. The number of amides is 1. The molecule has 1 amide bonds. The zero-order valence-corrected chi connectivity index (χ0v) is 16.2. The molecule has 0 bridgehead atoms. The van der Waals surface area contributed by atoms with Crippen LogP contribution in [0.25, 0.3) is 0 Å². The zero-order valence-electron chi connectivity index (χ0n) is 14.6. The highest BCUT2D eigenvalue weighted by atomic mass is 35.5. The van der Waals surface area contributed by atoms with Crippen LogP contribution >= 0.6 is 11.6 Å². The number of carbonyl (C=O) groups excluding carboxylic acids is 1. The molecule has 0 saturated carbocycles. The SMILES string of the molecule is CCCNC(=O)c1ccc(OC)c(S(=O)(=O)NCc2ccc(Cl)cc2)c1. The van der Waals surface area contributed by atoms with Gasteiger partial charge in [-0.3, -0.25) is 4.79 Å². The molecule has 0 fully saturated rings. The summed E-state index contributed by atoms with van der Waals surface area (Å²) in [4.78, 5) is 12.0. The van der Waals surface area contributed by atoms with Gasteiger partial charge in [-0.2, -0.15) is 0 Å². The fraction of sp³-hybridized carbons (Fsp3) is 0.278. The summed E-state index contributed by atoms with van der Waals surface area (Å²) in [6.07, 6.45) is 0.787. The van der Waals surface area contributed by atoms with Crippen LogP contribution < -0.4 is 14.8 Å². The first kappa shape index (κ1) is 20.2. The normalized spacial score (nSPS) is 11.2. The Hall–Kier alpha value is -2.09. The standard InChI is InChI=1S/C18H21ClN2O4S/c1-3-10-20-18(22)14-6-9-16(25-2)17(11-14)26(23,24)21-12-13-4-7-15(19)8-5-13/h4-9,11,21H,3,10,12H2,1-2H3,(H,20,22). The van der Waals surface area contributed by atoms with E-state index in [0.29, 0.717) is 11.6 Å². The van der Waals surface area contributed by atoms with Gasteiger partial charge in [0, 0.05) is 23.7 Å². The Bertz CT molecular complexity index is 867. The van der Waals surface area contributed by atoms with Crippen molar-refractivity contribution >= 4 is 27.5 Å². The lowest BCUT2D eigenvalue weighted by Gasteiger charge is -2.13. The van der Waals surface area contributed by atoms with Crippen LogP contribution in [0, 0.1) is 0 Å². The molecule has 0 aliphatic carbocycles. The number of hydrogen-bond acceptors (Lipinski definition) is 4. The lowest BCUT2D eigenvalue weighted by atomic mass is 10.2. The van der Waals surface area contributed by atoms with Crippen LogP contribution in [0.3, 0.4) is 0 Å². The predicted molar refractivity (Wildman–Crippen MR) is 101 cm³/mol. The van der Waals surface area contributed by atoms with Crippen LogP contribution in [0.1, 0.15) is 29.3 Å². The van der Waals surface area contributed by atoms with Crippen molar-refractivity contribution in [2.45, 2.75) is 24.8 Å². The molecule has 140 valence electrons. The predicted octanol–water partition coefficient (Wildman–Crippen LogP) is 2.97. The summed E-state index contributed by atoms with van der Waals surface area (Å²) in [5, 5.41) is 3.29. The maximum absolute atomic E-state index is 12.7. The van der Waals surface area contributed by atoms with E-state index in [1.54, 1.807) is 24.3 Å². The minimum absolute atomic E-state index is 0.0851. The maximum Gasteiger partial charge on any atom is 0.251 e. The summed E-state index contributed by atoms with van der Waals surface area (Å²) in [6, 6.07) is 11.1. The Labute approximate surface area is 158 Å². The molecule has 2 rings (SSSR count). The molecule has 0 aliphatic rings. The number of halogens is 1. The summed E-state index contributed by atoms with van der Waals surface area (Å²) >= 11 is 5.83. The second kappa shape index (κ2) is 9.02. The van der Waals surface area contributed by atoms with Gasteiger partial charge in [-0.15, -0.1) is 0 Å². The van der Waals surface area contributed by atoms with Crippen molar-refractivity contribution in [3.63, 3.8) is 0 Å². The van der Waals surface area contributed by atoms with E-state index in [9.17, 15) is 13.2 Å². The van der Waals surface area contributed by atoms with Gasteiger partial charge in [0.15, 0.2) is 0 Å². The smallest absolute Gasteiger partial charge is 0.251 e. The van der Waals surface area contributed by atoms with Gasteiger partial charge in [-0.05, 0) is 42.3 Å². The number of carbonyl (C=O) groups is 1. The molecule has 2 N–H and O–H groups in total. The van der Waals surface area contributed by atoms with E-state index in [-0.39, 0.29) is 28.7 Å². The average Bonchev–Trinajstić information content (AvgIpc) is 2.65. The summed E-state index contributed by atoms with van der Waals surface area (Å²) in [6.45, 7) is 2.54. The molecule has 0 saturated heterocycles. The second-order valence-corrected chi connectivity index (χ2v) is 7.74. The third-order valence-electron chi connectivity index (χ3n) is 3.63. The maximum atomic E-state index is 12.7. The average molecular weight is 397 g/mol. The van der Waals surface area contributed by atoms with Gasteiger partial charge >= 0.3 is 0 Å². The molecule has 8 heteroatoms. The zero-order chi connectivity index (χ0) is 19.2. The quantitative estimate of drug-likeness (QED) is 0.718. The van der Waals surface area contributed by atoms with Crippen LogP contribution in [0.4, 0.5) is 0 Å². The van der Waals surface area contributed by atoms with Crippen molar-refractivity contribution in [3.05, 3.63) is 58.6 Å². The number of methoxy groups -OCH3 is 1. The van der Waals surface area contributed by atoms with Gasteiger partial charge in [0.2, 0.25) is 10.0 Å². The van der Waals surface area contributed by atoms with Crippen LogP contribution in [-0.2, 0) is 16.6 Å². The highest BCUT2D eigenvalue weighted by Gasteiger charge is 2.21. The molecule has 0 atom stereocenters. The molecule has 0 unspecified atom stereocenters. The van der Waals surface area contributed by atoms with Crippen molar-refractivity contribution < 1.29 is 17.9 Å². The molecule has 0 aromatic heterocycles. The van der Waals surface area contributed by atoms with Crippen molar-refractivity contribution in [1.29, 1.82) is 0 Å². The van der Waals surface area contributed by atoms with E-state index in [0.717, 1.165) is 12.0 Å². The van der Waals surface area contributed by atoms with Crippen molar-refractivity contribution in [2.75, 3.05) is 13.7 Å². The monoisotopic (exact) mass is 396 g/mol. The molecule has 2 aromatic rings. The fourth-order valence-corrected chi connectivity index (χ4v) is 3.56. The number of sulfonamides is 1. The van der Waals surface area contributed by atoms with Gasteiger partial charge in [0.25, 0.3) is 5.91 Å². The van der Waals surface area contributed by atoms with E-state index in [2.05, 4.69) is 10.0 Å². The van der Waals surface area contributed by atoms with Gasteiger partial charge in [-0.25, -0.2) is 13.1 Å². The number of nitrogens with one attached hydrogen (secondary N) is 2. The molecular weight excluding hydrogens is 376 g/mol. The molecule has 2 aromatic carbocycles. The minimum Gasteiger partial charge on any atom is -0.495 e. The number of ether oxygens (including phenoxy) is 1. The van der Waals surface area contributed by atoms with E-state index < -0.39 is 10.0 Å². The van der Waals surface area contributed by atoms with Crippen LogP contribution in [0.5, 0.6) is 5.75 Å². The number of hydrogen-bond donors (Lipinski definition) is 2. The first-order valence-electron chi connectivity index (χ1n) is 8.07. The topological polar surface area (TPSA) is 84.5 Å². The minimum atomic E-state index is -3.88. The second-order valence-electron chi connectivity index (χ2n) is 5.57. The molecule has 6 nitrogen and oxygen atoms in total. The van der Waals surface area contributed by atoms with Gasteiger partial charge in [0.1, 0.15) is 10.6 Å². The Kier molecular flexibility index (Phi) is 7.02. The van der Waals surface area contributed by atoms with E-state index in [1.807, 2.05) is 6.92 Å². The summed E-state index contributed by atoms with van der Waals surface area (Å²) < 4.78 is 33.0. The lowest BCUT2D eigenvalue weighted by Crippen LogP contribution is -2.26. The Morgan fingerprint density at radius 3 is 2.46 bits per heavy atom. The van der Waals surface area contributed by atoms with Gasteiger partial charge in [0.05, 0.1) is 7.11 Å². The summed E-state index contributed by atoms with van der Waals surface area (Å²) in [5.74, 6) is -0.163. The molecule has 0 heterocycles. The highest BCUT2D eigenvalue weighted by Crippen LogP contribution is 2.25. The molecule has 0 radical (unpaired) electrons. The van der Waals surface area contributed by atoms with Crippen LogP contribution in [-0.4, -0.2) is 28.0 Å². The fourth-order valence-electron chi connectivity index (χ4n) is 2.23. The molecule has 0 spiro atoms. The van der Waals surface area contributed by atoms with E-state index in [1.165, 1.54) is 25.3 Å². The van der Waals surface area contributed by atoms with Crippen LogP contribution in [0.15, 0.2) is 47.4 Å². The van der Waals surface area contributed by atoms with E-state index in [4.69, 9.17) is 16.3 Å². The van der Waals surface area contributed by atoms with Crippen LogP contribution in [0.2, 0.25) is 5.02 Å². The van der Waals surface area contributed by atoms with Crippen molar-refractivity contribution in [2.24, 2.45) is 0 Å². The third-order valence-corrected chi connectivity index (χ3v) is 5.30. The Morgan fingerprint density at radius 1 is 1.15 bits per heavy atom. The molecule has 26 heavy (non-hydrogen) atoms. The van der Waals surface area contributed by atoms with Crippen molar-refractivity contribution in [1.82, 2.24) is 10.0 Å². The lowest BCUT2D eigenvalue weighted by molar-refractivity contribution is 0.0953. The first-order chi connectivity index (χ1) is 12.4. The Balaban J connectivity index is 2.25. The van der Waals surface area contributed by atoms with Crippen molar-refractivity contribution in [3.8, 4) is 5.75 Å². The molecular formula is C18H21ClN2O4S. The Morgan fingerprint density at radius 2 is 1.85 bits per heavy atom. The highest BCUT2D eigenvalue weighted by molar-refractivity contribution is 7.89. The summed E-state index contributed by atoms with van der Waals surface area (Å²) in [5.41, 5.74) is 1.01. The largest absolute Gasteiger partial charge is 0.495 e. The number of benzene rings is 2. The summed E-state index contributed by atoms with van der Waals surface area (Å²) in [7, 11) is -2.50. The van der Waals surface area contributed by atoms with Gasteiger partial charge in [-0.1, -0.05) is 30.7 Å². The van der Waals surface area contributed by atoms with Gasteiger partial charge < -0.3 is 10.1 Å². The first-order valence-corrected chi connectivity index (χ1v) is 9.94. The number of rotatable bonds is 8. The molecule has 0 aliphatic heterocycles.